The fourth-order valence-electron chi connectivity index (χ4n) is 3.14. The van der Waals surface area contributed by atoms with Crippen LogP contribution in [0.5, 0.6) is 11.5 Å². The van der Waals surface area contributed by atoms with Crippen molar-refractivity contribution in [1.29, 1.82) is 0 Å². The van der Waals surface area contributed by atoms with Gasteiger partial charge in [0.25, 0.3) is 0 Å². The Hall–Kier alpha value is -2.31. The molecule has 3 rings (SSSR count). The van der Waals surface area contributed by atoms with Gasteiger partial charge in [-0.1, -0.05) is 24.3 Å². The molecule has 0 spiro atoms. The molecule has 0 radical (unpaired) electrons. The second kappa shape index (κ2) is 9.58. The summed E-state index contributed by atoms with van der Waals surface area (Å²) in [5.41, 5.74) is 1.42. The second-order valence-corrected chi connectivity index (χ2v) is 6.78. The normalized spacial score (nSPS) is 15.5. The molecule has 0 aromatic heterocycles. The number of anilines is 1. The zero-order chi connectivity index (χ0) is 19.1. The molecule has 1 saturated heterocycles. The fourth-order valence-corrected chi connectivity index (χ4v) is 3.14. The highest BCUT2D eigenvalue weighted by atomic mass is 19.1. The number of ether oxygens (including phenoxy) is 2. The lowest BCUT2D eigenvalue weighted by Gasteiger charge is -2.32. The van der Waals surface area contributed by atoms with Crippen LogP contribution >= 0.6 is 0 Å². The summed E-state index contributed by atoms with van der Waals surface area (Å²) in [4.78, 5) is 4.76. The van der Waals surface area contributed by atoms with Gasteiger partial charge in [-0.25, -0.2) is 4.39 Å². The van der Waals surface area contributed by atoms with Gasteiger partial charge in [0.15, 0.2) is 11.6 Å². The first-order valence-electron chi connectivity index (χ1n) is 9.35. The summed E-state index contributed by atoms with van der Waals surface area (Å²) < 4.78 is 25.3. The van der Waals surface area contributed by atoms with E-state index in [9.17, 15) is 4.39 Å². The van der Waals surface area contributed by atoms with Crippen molar-refractivity contribution in [3.05, 3.63) is 53.8 Å². The lowest BCUT2D eigenvalue weighted by atomic mass is 10.2. The van der Waals surface area contributed by atoms with Gasteiger partial charge < -0.3 is 19.7 Å². The maximum atomic E-state index is 14.3. The Morgan fingerprint density at radius 1 is 1.00 bits per heavy atom. The highest BCUT2D eigenvalue weighted by molar-refractivity contribution is 5.56. The minimum atomic E-state index is -0.332. The zero-order valence-corrected chi connectivity index (χ0v) is 16.1. The molecule has 27 heavy (non-hydrogen) atoms. The summed E-state index contributed by atoms with van der Waals surface area (Å²) in [7, 11) is 3.63. The van der Waals surface area contributed by atoms with Crippen molar-refractivity contribution in [2.75, 3.05) is 58.8 Å². The van der Waals surface area contributed by atoms with Crippen molar-refractivity contribution in [2.24, 2.45) is 0 Å². The largest absolute Gasteiger partial charge is 0.494 e. The Bertz CT molecular complexity index is 733. The van der Waals surface area contributed by atoms with E-state index in [2.05, 4.69) is 22.2 Å². The van der Waals surface area contributed by atoms with Gasteiger partial charge in [-0.05, 0) is 25.2 Å². The number of methoxy groups -OCH3 is 1. The molecule has 0 bridgehead atoms. The molecular weight excluding hydrogens is 345 g/mol. The first-order valence-corrected chi connectivity index (χ1v) is 9.35. The summed E-state index contributed by atoms with van der Waals surface area (Å²) in [6.45, 7) is 6.27. The van der Waals surface area contributed by atoms with Gasteiger partial charge in [0.05, 0.1) is 12.8 Å². The smallest absolute Gasteiger partial charge is 0.170 e. The van der Waals surface area contributed by atoms with Crippen LogP contribution in [-0.2, 0) is 6.54 Å². The van der Waals surface area contributed by atoms with E-state index in [-0.39, 0.29) is 11.6 Å². The van der Waals surface area contributed by atoms with Gasteiger partial charge in [0, 0.05) is 44.8 Å². The average molecular weight is 373 g/mol. The van der Waals surface area contributed by atoms with Crippen LogP contribution in [0.4, 0.5) is 10.1 Å². The number of nitrogens with zero attached hydrogens (tertiary/aromatic N) is 2. The number of piperazine rings is 1. The van der Waals surface area contributed by atoms with Crippen molar-refractivity contribution >= 4 is 5.69 Å². The van der Waals surface area contributed by atoms with E-state index in [0.29, 0.717) is 18.7 Å². The van der Waals surface area contributed by atoms with E-state index < -0.39 is 0 Å². The van der Waals surface area contributed by atoms with Crippen molar-refractivity contribution in [1.82, 2.24) is 9.80 Å². The highest BCUT2D eigenvalue weighted by Gasteiger charge is 2.14. The number of hydrogen-bond acceptors (Lipinski definition) is 5. The number of para-hydroxylation sites is 2. The van der Waals surface area contributed by atoms with Crippen molar-refractivity contribution in [2.45, 2.75) is 6.54 Å². The first-order chi connectivity index (χ1) is 13.2. The Labute approximate surface area is 160 Å². The van der Waals surface area contributed by atoms with Gasteiger partial charge in [-0.15, -0.1) is 0 Å². The maximum absolute atomic E-state index is 14.3. The molecule has 0 aliphatic carbocycles. The molecule has 1 aliphatic heterocycles. The zero-order valence-electron chi connectivity index (χ0n) is 16.1. The Kier molecular flexibility index (Phi) is 6.90. The topological polar surface area (TPSA) is 37.0 Å². The van der Waals surface area contributed by atoms with Gasteiger partial charge in [-0.3, -0.25) is 4.90 Å². The van der Waals surface area contributed by atoms with Crippen LogP contribution in [0.3, 0.4) is 0 Å². The molecule has 0 atom stereocenters. The number of rotatable bonds is 8. The van der Waals surface area contributed by atoms with E-state index in [1.165, 1.54) is 7.11 Å². The minimum absolute atomic E-state index is 0.256. The predicted octanol–water partition coefficient (Wildman–Crippen LogP) is 3.07. The van der Waals surface area contributed by atoms with E-state index >= 15 is 0 Å². The Morgan fingerprint density at radius 3 is 2.52 bits per heavy atom. The molecule has 5 nitrogen and oxygen atoms in total. The van der Waals surface area contributed by atoms with Crippen LogP contribution in [0.2, 0.25) is 0 Å². The summed E-state index contributed by atoms with van der Waals surface area (Å²) in [6.07, 6.45) is 0. The molecular formula is C21H28FN3O2. The molecule has 2 aromatic rings. The number of hydrogen-bond donors (Lipinski definition) is 1. The van der Waals surface area contributed by atoms with Crippen LogP contribution in [-0.4, -0.2) is 63.3 Å². The Balaban J connectivity index is 1.54. The molecule has 1 aliphatic rings. The van der Waals surface area contributed by atoms with Crippen molar-refractivity contribution in [3.8, 4) is 11.5 Å². The first kappa shape index (κ1) is 19.5. The molecule has 1 N–H and O–H groups in total. The third kappa shape index (κ3) is 5.34. The number of halogens is 1. The number of nitrogens with one attached hydrogen (secondary N) is 1. The summed E-state index contributed by atoms with van der Waals surface area (Å²) in [5, 5.41) is 3.28. The summed E-state index contributed by atoms with van der Waals surface area (Å²) in [6, 6.07) is 12.9. The quantitative estimate of drug-likeness (QED) is 0.770. The van der Waals surface area contributed by atoms with Gasteiger partial charge in [0.2, 0.25) is 0 Å². The Morgan fingerprint density at radius 2 is 1.74 bits per heavy atom. The molecule has 0 unspecified atom stereocenters. The molecule has 1 fully saturated rings. The second-order valence-electron chi connectivity index (χ2n) is 6.78. The van der Waals surface area contributed by atoms with E-state index in [0.717, 1.165) is 44.2 Å². The van der Waals surface area contributed by atoms with Gasteiger partial charge in [-0.2, -0.15) is 0 Å². The van der Waals surface area contributed by atoms with E-state index in [1.54, 1.807) is 18.2 Å². The standard InChI is InChI=1S/C21H28FN3O2/c1-24-10-12-25(13-11-24)14-15-27-19-8-4-3-7-18(19)23-16-17-6-5-9-20(26-2)21(17)22/h3-9,23H,10-16H2,1-2H3. The van der Waals surface area contributed by atoms with Crippen LogP contribution in [0, 0.1) is 5.82 Å². The van der Waals surface area contributed by atoms with Crippen molar-refractivity contribution in [3.63, 3.8) is 0 Å². The van der Waals surface area contributed by atoms with Crippen molar-refractivity contribution < 1.29 is 13.9 Å². The third-order valence-electron chi connectivity index (χ3n) is 4.88. The summed E-state index contributed by atoms with van der Waals surface area (Å²) in [5.74, 6) is 0.710. The van der Waals surface area contributed by atoms with E-state index in [1.807, 2.05) is 24.3 Å². The lowest BCUT2D eigenvalue weighted by Crippen LogP contribution is -2.45. The van der Waals surface area contributed by atoms with E-state index in [4.69, 9.17) is 9.47 Å². The lowest BCUT2D eigenvalue weighted by molar-refractivity contribution is 0.134. The fraction of sp³-hybridized carbons (Fsp3) is 0.429. The predicted molar refractivity (Wildman–Crippen MR) is 106 cm³/mol. The molecule has 2 aromatic carbocycles. The third-order valence-corrected chi connectivity index (χ3v) is 4.88. The van der Waals surface area contributed by atoms with Crippen LogP contribution in [0.15, 0.2) is 42.5 Å². The maximum Gasteiger partial charge on any atom is 0.170 e. The molecule has 6 heteroatoms. The molecule has 146 valence electrons. The monoisotopic (exact) mass is 373 g/mol. The highest BCUT2D eigenvalue weighted by Crippen LogP contribution is 2.26. The van der Waals surface area contributed by atoms with Crippen LogP contribution < -0.4 is 14.8 Å². The molecule has 1 heterocycles. The average Bonchev–Trinajstić information content (AvgIpc) is 2.69. The van der Waals surface area contributed by atoms with Crippen LogP contribution in [0.1, 0.15) is 5.56 Å². The number of likely N-dealkylation sites (N-methyl/N-ethyl adjacent to an activating group) is 1. The SMILES string of the molecule is COc1cccc(CNc2ccccc2OCCN2CCN(C)CC2)c1F. The summed E-state index contributed by atoms with van der Waals surface area (Å²) >= 11 is 0. The minimum Gasteiger partial charge on any atom is -0.494 e. The van der Waals surface area contributed by atoms with Gasteiger partial charge >= 0.3 is 0 Å². The molecule has 0 amide bonds. The number of benzene rings is 2. The van der Waals surface area contributed by atoms with Crippen LogP contribution in [0.25, 0.3) is 0 Å². The van der Waals surface area contributed by atoms with Gasteiger partial charge in [0.1, 0.15) is 12.4 Å². The molecule has 0 saturated carbocycles.